The van der Waals surface area contributed by atoms with Gasteiger partial charge in [0.25, 0.3) is 0 Å². The van der Waals surface area contributed by atoms with Crippen LogP contribution in [-0.2, 0) is 13.1 Å². The highest BCUT2D eigenvalue weighted by atomic mass is 15.3. The van der Waals surface area contributed by atoms with Crippen molar-refractivity contribution in [1.82, 2.24) is 14.2 Å². The van der Waals surface area contributed by atoms with Crippen LogP contribution in [0.15, 0.2) is 18.5 Å². The van der Waals surface area contributed by atoms with E-state index in [0.717, 1.165) is 17.9 Å². The number of nitrogens with zero attached hydrogens (tertiary/aromatic N) is 3. The topological polar surface area (TPSA) is 48.2 Å². The monoisotopic (exact) mass is 192 g/mol. The van der Waals surface area contributed by atoms with E-state index in [-0.39, 0.29) is 0 Å². The lowest BCUT2D eigenvalue weighted by Gasteiger charge is -2.05. The maximum absolute atomic E-state index is 5.54. The molecule has 0 atom stereocenters. The molecule has 0 amide bonds. The van der Waals surface area contributed by atoms with Crippen LogP contribution in [0.2, 0.25) is 0 Å². The first kappa shape index (κ1) is 9.27. The molecule has 0 bridgehead atoms. The van der Waals surface area contributed by atoms with E-state index in [4.69, 9.17) is 5.73 Å². The van der Waals surface area contributed by atoms with Crippen molar-refractivity contribution in [3.63, 3.8) is 0 Å². The summed E-state index contributed by atoms with van der Waals surface area (Å²) in [4.78, 5) is 0. The number of hydrogen-bond acceptors (Lipinski definition) is 2. The summed E-state index contributed by atoms with van der Waals surface area (Å²) in [7, 11) is 0. The fourth-order valence-corrected chi connectivity index (χ4v) is 1.63. The summed E-state index contributed by atoms with van der Waals surface area (Å²) >= 11 is 0. The van der Waals surface area contributed by atoms with Crippen molar-refractivity contribution < 1.29 is 0 Å². The lowest BCUT2D eigenvalue weighted by Crippen LogP contribution is -2.02. The van der Waals surface area contributed by atoms with Crippen molar-refractivity contribution in [1.29, 1.82) is 0 Å². The van der Waals surface area contributed by atoms with Gasteiger partial charge < -0.3 is 10.3 Å². The van der Waals surface area contributed by atoms with Gasteiger partial charge in [-0.25, -0.2) is 4.52 Å². The minimum Gasteiger partial charge on any atom is -0.331 e. The Morgan fingerprint density at radius 3 is 2.86 bits per heavy atom. The number of hydrogen-bond donors (Lipinski definition) is 1. The molecule has 2 aromatic rings. The van der Waals surface area contributed by atoms with E-state index >= 15 is 0 Å². The molecular formula is C10H16N4. The standard InChI is InChI=1S/C10H16N4/c1-8(2)7-13-3-4-14-10(13)5-9(6-11)12-14/h3-5,8H,6-7,11H2,1-2H3. The molecule has 0 spiro atoms. The first-order valence-electron chi connectivity index (χ1n) is 4.94. The minimum absolute atomic E-state index is 0.503. The highest BCUT2D eigenvalue weighted by Crippen LogP contribution is 2.10. The van der Waals surface area contributed by atoms with Crippen LogP contribution in [0.1, 0.15) is 19.5 Å². The van der Waals surface area contributed by atoms with Gasteiger partial charge in [-0.15, -0.1) is 0 Å². The zero-order valence-corrected chi connectivity index (χ0v) is 8.64. The van der Waals surface area contributed by atoms with Crippen LogP contribution >= 0.6 is 0 Å². The maximum Gasteiger partial charge on any atom is 0.136 e. The third-order valence-electron chi connectivity index (χ3n) is 2.22. The summed E-state index contributed by atoms with van der Waals surface area (Å²) in [5.41, 5.74) is 7.61. The largest absolute Gasteiger partial charge is 0.331 e. The van der Waals surface area contributed by atoms with E-state index in [1.54, 1.807) is 0 Å². The first-order chi connectivity index (χ1) is 6.70. The average Bonchev–Trinajstić information content (AvgIpc) is 2.66. The molecule has 0 aliphatic carbocycles. The lowest BCUT2D eigenvalue weighted by molar-refractivity contribution is 0.533. The van der Waals surface area contributed by atoms with Gasteiger partial charge in [0, 0.05) is 31.5 Å². The molecule has 2 rings (SSSR count). The molecule has 0 unspecified atom stereocenters. The third kappa shape index (κ3) is 1.53. The molecule has 0 aliphatic rings. The van der Waals surface area contributed by atoms with Gasteiger partial charge in [0.2, 0.25) is 0 Å². The maximum atomic E-state index is 5.54. The highest BCUT2D eigenvalue weighted by molar-refractivity contribution is 5.41. The number of imidazole rings is 1. The summed E-state index contributed by atoms with van der Waals surface area (Å²) in [6, 6.07) is 2.04. The third-order valence-corrected chi connectivity index (χ3v) is 2.22. The fraction of sp³-hybridized carbons (Fsp3) is 0.500. The molecule has 0 aliphatic heterocycles. The lowest BCUT2D eigenvalue weighted by atomic mass is 10.2. The highest BCUT2D eigenvalue weighted by Gasteiger charge is 2.05. The van der Waals surface area contributed by atoms with Crippen LogP contribution in [0.4, 0.5) is 0 Å². The summed E-state index contributed by atoms with van der Waals surface area (Å²) in [5, 5.41) is 4.33. The molecule has 0 saturated heterocycles. The van der Waals surface area contributed by atoms with Gasteiger partial charge in [0.05, 0.1) is 5.69 Å². The molecule has 0 radical (unpaired) electrons. The van der Waals surface area contributed by atoms with Gasteiger partial charge in [0.1, 0.15) is 5.65 Å². The second-order valence-electron chi connectivity index (χ2n) is 3.99. The van der Waals surface area contributed by atoms with Crippen molar-refractivity contribution >= 4 is 5.65 Å². The molecule has 2 heterocycles. The number of nitrogens with two attached hydrogens (primary N) is 1. The number of fused-ring (bicyclic) bond motifs is 1. The Hall–Kier alpha value is -1.29. The van der Waals surface area contributed by atoms with Crippen LogP contribution < -0.4 is 5.73 Å². The zero-order valence-electron chi connectivity index (χ0n) is 8.64. The van der Waals surface area contributed by atoms with Gasteiger partial charge >= 0.3 is 0 Å². The van der Waals surface area contributed by atoms with Gasteiger partial charge in [-0.2, -0.15) is 5.10 Å². The van der Waals surface area contributed by atoms with Crippen molar-refractivity contribution in [3.05, 3.63) is 24.2 Å². The van der Waals surface area contributed by atoms with Crippen molar-refractivity contribution in [2.75, 3.05) is 0 Å². The molecular weight excluding hydrogens is 176 g/mol. The quantitative estimate of drug-likeness (QED) is 0.795. The Labute approximate surface area is 83.3 Å². The molecule has 14 heavy (non-hydrogen) atoms. The van der Waals surface area contributed by atoms with Crippen molar-refractivity contribution in [2.45, 2.75) is 26.9 Å². The molecule has 2 aromatic heterocycles. The Morgan fingerprint density at radius 1 is 1.43 bits per heavy atom. The van der Waals surface area contributed by atoms with E-state index in [1.165, 1.54) is 0 Å². The summed E-state index contributed by atoms with van der Waals surface area (Å²) in [6.07, 6.45) is 4.03. The molecule has 0 fully saturated rings. The normalized spacial score (nSPS) is 11.7. The second kappa shape index (κ2) is 3.46. The summed E-state index contributed by atoms with van der Waals surface area (Å²) in [5.74, 6) is 0.641. The van der Waals surface area contributed by atoms with E-state index in [9.17, 15) is 0 Å². The van der Waals surface area contributed by atoms with Crippen LogP contribution in [0.25, 0.3) is 5.65 Å². The summed E-state index contributed by atoms with van der Waals surface area (Å²) < 4.78 is 4.08. The van der Waals surface area contributed by atoms with E-state index in [0.29, 0.717) is 12.5 Å². The molecule has 4 nitrogen and oxygen atoms in total. The van der Waals surface area contributed by atoms with Crippen LogP contribution in [0.3, 0.4) is 0 Å². The Bertz CT molecular complexity index is 424. The molecule has 0 saturated carbocycles. The van der Waals surface area contributed by atoms with Gasteiger partial charge in [-0.05, 0) is 5.92 Å². The predicted molar refractivity (Wildman–Crippen MR) is 55.9 cm³/mol. The van der Waals surface area contributed by atoms with Gasteiger partial charge in [-0.3, -0.25) is 0 Å². The Morgan fingerprint density at radius 2 is 2.21 bits per heavy atom. The van der Waals surface area contributed by atoms with Gasteiger partial charge in [0.15, 0.2) is 0 Å². The number of rotatable bonds is 3. The second-order valence-corrected chi connectivity index (χ2v) is 3.99. The number of aromatic nitrogens is 3. The SMILES string of the molecule is CC(C)Cn1ccn2nc(CN)cc12. The molecule has 4 heteroatoms. The molecule has 0 aromatic carbocycles. The first-order valence-corrected chi connectivity index (χ1v) is 4.94. The average molecular weight is 192 g/mol. The van der Waals surface area contributed by atoms with E-state index in [2.05, 4.69) is 29.7 Å². The van der Waals surface area contributed by atoms with E-state index in [1.807, 2.05) is 16.8 Å². The minimum atomic E-state index is 0.503. The summed E-state index contributed by atoms with van der Waals surface area (Å²) in [6.45, 7) is 5.93. The molecule has 2 N–H and O–H groups in total. The van der Waals surface area contributed by atoms with Crippen LogP contribution in [0, 0.1) is 5.92 Å². The Balaban J connectivity index is 2.40. The fourth-order valence-electron chi connectivity index (χ4n) is 1.63. The van der Waals surface area contributed by atoms with E-state index < -0.39 is 0 Å². The smallest absolute Gasteiger partial charge is 0.136 e. The van der Waals surface area contributed by atoms with Crippen LogP contribution in [0.5, 0.6) is 0 Å². The van der Waals surface area contributed by atoms with Gasteiger partial charge in [-0.1, -0.05) is 13.8 Å². The Kier molecular flexibility index (Phi) is 2.29. The van der Waals surface area contributed by atoms with Crippen molar-refractivity contribution in [3.8, 4) is 0 Å². The molecule has 76 valence electrons. The zero-order chi connectivity index (χ0) is 10.1. The van der Waals surface area contributed by atoms with Crippen LogP contribution in [-0.4, -0.2) is 14.2 Å². The van der Waals surface area contributed by atoms with Crippen molar-refractivity contribution in [2.24, 2.45) is 11.7 Å². The predicted octanol–water partition coefficient (Wildman–Crippen LogP) is 1.25.